The summed E-state index contributed by atoms with van der Waals surface area (Å²) in [5.74, 6) is 0. The monoisotopic (exact) mass is 407 g/mol. The van der Waals surface area contributed by atoms with E-state index in [1.807, 2.05) is 36.4 Å². The van der Waals surface area contributed by atoms with Crippen molar-refractivity contribution in [2.45, 2.75) is 13.0 Å². The molecule has 0 atom stereocenters. The molecule has 0 radical (unpaired) electrons. The first-order valence-electron chi connectivity index (χ1n) is 8.98. The molecule has 3 aromatic rings. The highest BCUT2D eigenvalue weighted by Crippen LogP contribution is 2.25. The minimum absolute atomic E-state index is 0. The van der Waals surface area contributed by atoms with Gasteiger partial charge in [0.1, 0.15) is 0 Å². The largest absolute Gasteiger partial charge is 0.368 e. The fourth-order valence-electron chi connectivity index (χ4n) is 3.48. The van der Waals surface area contributed by atoms with Gasteiger partial charge in [-0.25, -0.2) is 9.48 Å². The second-order valence-electron chi connectivity index (χ2n) is 6.57. The van der Waals surface area contributed by atoms with Crippen LogP contribution in [-0.4, -0.2) is 51.8 Å². The number of aromatic nitrogens is 3. The van der Waals surface area contributed by atoms with Gasteiger partial charge in [0.25, 0.3) is 0 Å². The Kier molecular flexibility index (Phi) is 6.42. The minimum atomic E-state index is -0.0656. The summed E-state index contributed by atoms with van der Waals surface area (Å²) in [7, 11) is 0. The van der Waals surface area contributed by atoms with E-state index >= 15 is 0 Å². The van der Waals surface area contributed by atoms with E-state index in [0.717, 1.165) is 49.9 Å². The Bertz CT molecular complexity index is 946. The number of fused-ring (bicyclic) bond motifs is 1. The average Bonchev–Trinajstić information content (AvgIpc) is 2.99. The lowest BCUT2D eigenvalue weighted by molar-refractivity contribution is 0.248. The molecule has 1 aliphatic heterocycles. The summed E-state index contributed by atoms with van der Waals surface area (Å²) in [6, 6.07) is 13.6. The fraction of sp³-hybridized carbons (Fsp3) is 0.368. The normalized spacial score (nSPS) is 15.1. The number of halogens is 2. The van der Waals surface area contributed by atoms with Gasteiger partial charge in [-0.1, -0.05) is 29.8 Å². The van der Waals surface area contributed by atoms with Gasteiger partial charge in [0.15, 0.2) is 5.65 Å². The molecule has 1 aliphatic rings. The summed E-state index contributed by atoms with van der Waals surface area (Å²) in [5.41, 5.74) is 1.75. The van der Waals surface area contributed by atoms with Crippen molar-refractivity contribution in [3.05, 3.63) is 64.2 Å². The molecular formula is C19H23Cl2N5O. The van der Waals surface area contributed by atoms with Crippen LogP contribution in [0.5, 0.6) is 0 Å². The molecule has 144 valence electrons. The summed E-state index contributed by atoms with van der Waals surface area (Å²) in [6.07, 6.45) is 2.67. The van der Waals surface area contributed by atoms with E-state index in [-0.39, 0.29) is 18.1 Å². The Labute approximate surface area is 169 Å². The van der Waals surface area contributed by atoms with Crippen LogP contribution in [0.15, 0.2) is 53.5 Å². The Morgan fingerprint density at radius 1 is 0.963 bits per heavy atom. The van der Waals surface area contributed by atoms with Crippen molar-refractivity contribution < 1.29 is 0 Å². The molecule has 0 spiro atoms. The number of hydrogen-bond acceptors (Lipinski definition) is 4. The number of piperazine rings is 1. The van der Waals surface area contributed by atoms with Gasteiger partial charge >= 0.3 is 5.69 Å². The third kappa shape index (κ3) is 4.29. The van der Waals surface area contributed by atoms with Crippen LogP contribution in [0.4, 0.5) is 5.69 Å². The first kappa shape index (κ1) is 19.7. The molecule has 0 aliphatic carbocycles. The number of hydrogen-bond donors (Lipinski definition) is 0. The first-order valence-corrected chi connectivity index (χ1v) is 9.36. The molecule has 1 fully saturated rings. The van der Waals surface area contributed by atoms with Crippen LogP contribution in [-0.2, 0) is 6.54 Å². The molecule has 3 heterocycles. The van der Waals surface area contributed by atoms with Gasteiger partial charge in [0, 0.05) is 45.5 Å². The fourth-order valence-corrected chi connectivity index (χ4v) is 3.73. The van der Waals surface area contributed by atoms with Crippen molar-refractivity contribution in [3.63, 3.8) is 0 Å². The van der Waals surface area contributed by atoms with Crippen molar-refractivity contribution in [3.8, 4) is 0 Å². The zero-order valence-corrected chi connectivity index (χ0v) is 16.6. The molecule has 1 aromatic carbocycles. The molecule has 0 bridgehead atoms. The zero-order chi connectivity index (χ0) is 17.9. The molecule has 1 saturated heterocycles. The summed E-state index contributed by atoms with van der Waals surface area (Å²) in [5, 5.41) is 5.19. The highest BCUT2D eigenvalue weighted by atomic mass is 35.5. The lowest BCUT2D eigenvalue weighted by atomic mass is 10.2. The molecule has 4 rings (SSSR count). The van der Waals surface area contributed by atoms with Crippen LogP contribution in [0.2, 0.25) is 5.02 Å². The van der Waals surface area contributed by atoms with Crippen molar-refractivity contribution >= 4 is 35.3 Å². The number of nitrogens with zero attached hydrogens (tertiary/aromatic N) is 5. The topological polar surface area (TPSA) is 45.8 Å². The summed E-state index contributed by atoms with van der Waals surface area (Å²) in [6.45, 7) is 5.56. The molecular weight excluding hydrogens is 385 g/mol. The van der Waals surface area contributed by atoms with Gasteiger partial charge in [-0.3, -0.25) is 9.30 Å². The quantitative estimate of drug-likeness (QED) is 0.652. The first-order chi connectivity index (χ1) is 12.7. The second kappa shape index (κ2) is 8.78. The van der Waals surface area contributed by atoms with E-state index in [1.54, 1.807) is 15.3 Å². The van der Waals surface area contributed by atoms with Crippen molar-refractivity contribution in [1.29, 1.82) is 0 Å². The maximum atomic E-state index is 12.3. The van der Waals surface area contributed by atoms with Gasteiger partial charge in [-0.05, 0) is 30.7 Å². The van der Waals surface area contributed by atoms with E-state index < -0.39 is 0 Å². The Hall–Kier alpha value is -2.02. The Morgan fingerprint density at radius 3 is 2.44 bits per heavy atom. The lowest BCUT2D eigenvalue weighted by Gasteiger charge is -2.36. The number of anilines is 1. The number of rotatable bonds is 5. The molecule has 0 saturated carbocycles. The highest BCUT2D eigenvalue weighted by Gasteiger charge is 2.18. The van der Waals surface area contributed by atoms with Gasteiger partial charge in [-0.2, -0.15) is 0 Å². The van der Waals surface area contributed by atoms with Crippen LogP contribution in [0, 0.1) is 0 Å². The van der Waals surface area contributed by atoms with E-state index in [2.05, 4.69) is 21.0 Å². The van der Waals surface area contributed by atoms with Gasteiger partial charge in [0.05, 0.1) is 10.7 Å². The smallest absolute Gasteiger partial charge is 0.350 e. The SMILES string of the molecule is Cl.O=c1n(CCCN2CCN(c3ccccc3Cl)CC2)nc2ccccn12. The summed E-state index contributed by atoms with van der Waals surface area (Å²) in [4.78, 5) is 17.1. The molecule has 0 N–H and O–H groups in total. The number of aryl methyl sites for hydroxylation is 1. The van der Waals surface area contributed by atoms with E-state index in [0.29, 0.717) is 12.2 Å². The Morgan fingerprint density at radius 2 is 1.70 bits per heavy atom. The number of pyridine rings is 1. The third-order valence-electron chi connectivity index (χ3n) is 4.90. The van der Waals surface area contributed by atoms with E-state index in [9.17, 15) is 4.79 Å². The summed E-state index contributed by atoms with van der Waals surface area (Å²) < 4.78 is 3.15. The average molecular weight is 408 g/mol. The molecule has 0 unspecified atom stereocenters. The third-order valence-corrected chi connectivity index (χ3v) is 5.22. The van der Waals surface area contributed by atoms with Gasteiger partial charge in [0.2, 0.25) is 0 Å². The summed E-state index contributed by atoms with van der Waals surface area (Å²) >= 11 is 6.30. The van der Waals surface area contributed by atoms with Crippen LogP contribution in [0.1, 0.15) is 6.42 Å². The van der Waals surface area contributed by atoms with Crippen molar-refractivity contribution in [2.24, 2.45) is 0 Å². The van der Waals surface area contributed by atoms with Gasteiger partial charge in [-0.15, -0.1) is 17.5 Å². The predicted octanol–water partition coefficient (Wildman–Crippen LogP) is 2.78. The maximum Gasteiger partial charge on any atom is 0.350 e. The maximum absolute atomic E-state index is 12.3. The highest BCUT2D eigenvalue weighted by molar-refractivity contribution is 6.33. The molecule has 6 nitrogen and oxygen atoms in total. The van der Waals surface area contributed by atoms with Gasteiger partial charge < -0.3 is 4.90 Å². The number of para-hydroxylation sites is 1. The zero-order valence-electron chi connectivity index (χ0n) is 15.0. The van der Waals surface area contributed by atoms with Crippen molar-refractivity contribution in [2.75, 3.05) is 37.6 Å². The molecule has 8 heteroatoms. The predicted molar refractivity (Wildman–Crippen MR) is 111 cm³/mol. The van der Waals surface area contributed by atoms with Crippen molar-refractivity contribution in [1.82, 2.24) is 19.1 Å². The Balaban J connectivity index is 0.00000210. The van der Waals surface area contributed by atoms with E-state index in [4.69, 9.17) is 11.6 Å². The lowest BCUT2D eigenvalue weighted by Crippen LogP contribution is -2.46. The van der Waals surface area contributed by atoms with E-state index in [1.165, 1.54) is 0 Å². The molecule has 2 aromatic heterocycles. The molecule has 0 amide bonds. The van der Waals surface area contributed by atoms with Crippen LogP contribution in [0.25, 0.3) is 5.65 Å². The minimum Gasteiger partial charge on any atom is -0.368 e. The second-order valence-corrected chi connectivity index (χ2v) is 6.98. The number of benzene rings is 1. The molecule has 27 heavy (non-hydrogen) atoms. The standard InChI is InChI=1S/C19H22ClN5O.ClH/c20-16-6-1-2-7-17(16)23-14-12-22(13-15-23)9-5-11-25-19(26)24-10-4-3-8-18(24)21-25;/h1-4,6-8,10H,5,9,11-15H2;1H. The van der Waals surface area contributed by atoms with Crippen LogP contribution < -0.4 is 10.6 Å². The van der Waals surface area contributed by atoms with Crippen LogP contribution >= 0.6 is 24.0 Å². The van der Waals surface area contributed by atoms with Crippen LogP contribution in [0.3, 0.4) is 0 Å².